The van der Waals surface area contributed by atoms with Crippen molar-refractivity contribution in [3.8, 4) is 5.75 Å². The van der Waals surface area contributed by atoms with Crippen LogP contribution in [0.1, 0.15) is 31.9 Å². The average molecular weight is 321 g/mol. The molecule has 0 aliphatic carbocycles. The molecule has 1 heterocycles. The van der Waals surface area contributed by atoms with Gasteiger partial charge in [-0.15, -0.1) is 24.8 Å². The summed E-state index contributed by atoms with van der Waals surface area (Å²) in [6.07, 6.45) is 1.18. The highest BCUT2D eigenvalue weighted by molar-refractivity contribution is 5.85. The van der Waals surface area contributed by atoms with Crippen LogP contribution < -0.4 is 5.32 Å². The molecule has 5 heteroatoms. The number of hydrogen-bond donors (Lipinski definition) is 2. The highest BCUT2D eigenvalue weighted by Crippen LogP contribution is 2.31. The summed E-state index contributed by atoms with van der Waals surface area (Å²) in [5, 5.41) is 12.8. The molecule has 1 aromatic rings. The molecule has 1 aliphatic rings. The van der Waals surface area contributed by atoms with E-state index in [1.165, 1.54) is 12.0 Å². The van der Waals surface area contributed by atoms with Crippen LogP contribution in [0.5, 0.6) is 5.75 Å². The SMILES string of the molecule is CCC(C)[C@@H](c1ccc(O)cc1)N1CCNCC1.Cl.Cl. The van der Waals surface area contributed by atoms with E-state index in [2.05, 4.69) is 36.2 Å². The molecule has 1 saturated heterocycles. The van der Waals surface area contributed by atoms with Gasteiger partial charge in [0.1, 0.15) is 5.75 Å². The smallest absolute Gasteiger partial charge is 0.115 e. The summed E-state index contributed by atoms with van der Waals surface area (Å²) in [4.78, 5) is 2.57. The molecule has 0 spiro atoms. The number of nitrogens with zero attached hydrogens (tertiary/aromatic N) is 1. The summed E-state index contributed by atoms with van der Waals surface area (Å²) in [6, 6.07) is 8.19. The van der Waals surface area contributed by atoms with E-state index >= 15 is 0 Å². The Labute approximate surface area is 134 Å². The molecule has 0 radical (unpaired) electrons. The lowest BCUT2D eigenvalue weighted by atomic mass is 9.90. The van der Waals surface area contributed by atoms with E-state index in [0.717, 1.165) is 26.2 Å². The average Bonchev–Trinajstić information content (AvgIpc) is 2.42. The molecular formula is C15H26Cl2N2O. The third-order valence-electron chi connectivity index (χ3n) is 3.96. The minimum absolute atomic E-state index is 0. The van der Waals surface area contributed by atoms with Crippen LogP contribution in [0.25, 0.3) is 0 Å². The van der Waals surface area contributed by atoms with Crippen molar-refractivity contribution in [2.24, 2.45) is 5.92 Å². The van der Waals surface area contributed by atoms with Crippen LogP contribution in [0.3, 0.4) is 0 Å². The van der Waals surface area contributed by atoms with Gasteiger partial charge in [-0.1, -0.05) is 32.4 Å². The van der Waals surface area contributed by atoms with Gasteiger partial charge in [-0.3, -0.25) is 4.90 Å². The Morgan fingerprint density at radius 1 is 1.15 bits per heavy atom. The van der Waals surface area contributed by atoms with Gasteiger partial charge in [0.05, 0.1) is 0 Å². The fourth-order valence-electron chi connectivity index (χ4n) is 2.75. The second-order valence-electron chi connectivity index (χ2n) is 5.21. The lowest BCUT2D eigenvalue weighted by Crippen LogP contribution is -2.46. The van der Waals surface area contributed by atoms with E-state index in [0.29, 0.717) is 17.7 Å². The van der Waals surface area contributed by atoms with Crippen LogP contribution >= 0.6 is 24.8 Å². The molecule has 0 aromatic heterocycles. The van der Waals surface area contributed by atoms with Crippen molar-refractivity contribution in [2.75, 3.05) is 26.2 Å². The monoisotopic (exact) mass is 320 g/mol. The van der Waals surface area contributed by atoms with Gasteiger partial charge in [0, 0.05) is 32.2 Å². The Balaban J connectivity index is 0.00000180. The second-order valence-corrected chi connectivity index (χ2v) is 5.21. The summed E-state index contributed by atoms with van der Waals surface area (Å²) in [6.45, 7) is 8.93. The minimum atomic E-state index is 0. The normalized spacial score (nSPS) is 18.5. The summed E-state index contributed by atoms with van der Waals surface area (Å²) in [7, 11) is 0. The van der Waals surface area contributed by atoms with E-state index in [1.807, 2.05) is 0 Å². The molecular weight excluding hydrogens is 295 g/mol. The lowest BCUT2D eigenvalue weighted by molar-refractivity contribution is 0.128. The fraction of sp³-hybridized carbons (Fsp3) is 0.600. The summed E-state index contributed by atoms with van der Waals surface area (Å²) < 4.78 is 0. The van der Waals surface area contributed by atoms with Gasteiger partial charge in [0.15, 0.2) is 0 Å². The molecule has 2 atom stereocenters. The molecule has 1 unspecified atom stereocenters. The zero-order valence-corrected chi connectivity index (χ0v) is 13.8. The van der Waals surface area contributed by atoms with Gasteiger partial charge in [-0.05, 0) is 23.6 Å². The van der Waals surface area contributed by atoms with Crippen LogP contribution in [0.4, 0.5) is 0 Å². The molecule has 1 fully saturated rings. The predicted molar refractivity (Wildman–Crippen MR) is 89.2 cm³/mol. The molecule has 20 heavy (non-hydrogen) atoms. The number of phenols is 1. The van der Waals surface area contributed by atoms with Crippen LogP contribution in [0.15, 0.2) is 24.3 Å². The first-order chi connectivity index (χ1) is 8.72. The molecule has 1 aromatic carbocycles. The maximum absolute atomic E-state index is 9.42. The number of nitrogens with one attached hydrogen (secondary N) is 1. The number of rotatable bonds is 4. The zero-order valence-electron chi connectivity index (χ0n) is 12.2. The molecule has 3 nitrogen and oxygen atoms in total. The number of aromatic hydroxyl groups is 1. The Morgan fingerprint density at radius 2 is 1.70 bits per heavy atom. The highest BCUT2D eigenvalue weighted by atomic mass is 35.5. The van der Waals surface area contributed by atoms with Crippen molar-refractivity contribution in [1.82, 2.24) is 10.2 Å². The predicted octanol–water partition coefficient (Wildman–Crippen LogP) is 3.23. The highest BCUT2D eigenvalue weighted by Gasteiger charge is 2.26. The summed E-state index contributed by atoms with van der Waals surface area (Å²) in [5.41, 5.74) is 1.32. The first-order valence-electron chi connectivity index (χ1n) is 6.96. The maximum Gasteiger partial charge on any atom is 0.115 e. The number of phenolic OH excluding ortho intramolecular Hbond substituents is 1. The van der Waals surface area contributed by atoms with E-state index in [4.69, 9.17) is 0 Å². The zero-order chi connectivity index (χ0) is 13.0. The standard InChI is InChI=1S/C15H24N2O.2ClH/c1-3-12(2)15(17-10-8-16-9-11-17)13-4-6-14(18)7-5-13;;/h4-7,12,15-16,18H,3,8-11H2,1-2H3;2*1H/t12?,15-;;/m0../s1. The van der Waals surface area contributed by atoms with Crippen molar-refractivity contribution >= 4 is 24.8 Å². The quantitative estimate of drug-likeness (QED) is 0.894. The Bertz CT molecular complexity index is 367. The minimum Gasteiger partial charge on any atom is -0.508 e. The Hall–Kier alpha value is -0.480. The molecule has 0 bridgehead atoms. The molecule has 0 saturated carbocycles. The Morgan fingerprint density at radius 3 is 2.20 bits per heavy atom. The summed E-state index contributed by atoms with van der Waals surface area (Å²) >= 11 is 0. The van der Waals surface area contributed by atoms with Gasteiger partial charge in [0.25, 0.3) is 0 Å². The van der Waals surface area contributed by atoms with E-state index in [-0.39, 0.29) is 24.8 Å². The topological polar surface area (TPSA) is 35.5 Å². The Kier molecular flexibility index (Phi) is 9.23. The van der Waals surface area contributed by atoms with Crippen molar-refractivity contribution in [3.05, 3.63) is 29.8 Å². The first-order valence-corrected chi connectivity index (χ1v) is 6.96. The van der Waals surface area contributed by atoms with Gasteiger partial charge < -0.3 is 10.4 Å². The van der Waals surface area contributed by atoms with Crippen molar-refractivity contribution in [1.29, 1.82) is 0 Å². The van der Waals surface area contributed by atoms with Crippen LogP contribution in [0.2, 0.25) is 0 Å². The third-order valence-corrected chi connectivity index (χ3v) is 3.96. The van der Waals surface area contributed by atoms with E-state index < -0.39 is 0 Å². The maximum atomic E-state index is 9.42. The van der Waals surface area contributed by atoms with Gasteiger partial charge in [-0.2, -0.15) is 0 Å². The third kappa shape index (κ3) is 4.81. The van der Waals surface area contributed by atoms with Crippen molar-refractivity contribution < 1.29 is 5.11 Å². The number of piperazine rings is 1. The molecule has 0 amide bonds. The van der Waals surface area contributed by atoms with E-state index in [1.54, 1.807) is 12.1 Å². The second kappa shape index (κ2) is 9.46. The van der Waals surface area contributed by atoms with Gasteiger partial charge in [0.2, 0.25) is 0 Å². The van der Waals surface area contributed by atoms with Crippen LogP contribution in [-0.4, -0.2) is 36.2 Å². The summed E-state index contributed by atoms with van der Waals surface area (Å²) in [5.74, 6) is 0.981. The largest absolute Gasteiger partial charge is 0.508 e. The van der Waals surface area contributed by atoms with Crippen molar-refractivity contribution in [3.63, 3.8) is 0 Å². The number of hydrogen-bond acceptors (Lipinski definition) is 3. The molecule has 2 N–H and O–H groups in total. The van der Waals surface area contributed by atoms with Crippen LogP contribution in [-0.2, 0) is 0 Å². The van der Waals surface area contributed by atoms with Gasteiger partial charge in [-0.25, -0.2) is 0 Å². The molecule has 2 rings (SSSR count). The van der Waals surface area contributed by atoms with E-state index in [9.17, 15) is 5.11 Å². The van der Waals surface area contributed by atoms with Gasteiger partial charge >= 0.3 is 0 Å². The first kappa shape index (κ1) is 19.5. The van der Waals surface area contributed by atoms with Crippen LogP contribution in [0, 0.1) is 5.92 Å². The fourth-order valence-corrected chi connectivity index (χ4v) is 2.75. The molecule has 116 valence electrons. The lowest BCUT2D eigenvalue weighted by Gasteiger charge is -2.38. The number of benzene rings is 1. The van der Waals surface area contributed by atoms with Crippen molar-refractivity contribution in [2.45, 2.75) is 26.3 Å². The molecule has 1 aliphatic heterocycles. The number of halogens is 2.